The Morgan fingerprint density at radius 1 is 1.15 bits per heavy atom. The van der Waals surface area contributed by atoms with Crippen molar-refractivity contribution in [3.8, 4) is 11.8 Å². The summed E-state index contributed by atoms with van der Waals surface area (Å²) in [6.07, 6.45) is 8.57. The lowest BCUT2D eigenvalue weighted by atomic mass is 9.54. The Kier molecular flexibility index (Phi) is 5.49. The van der Waals surface area contributed by atoms with E-state index in [0.29, 0.717) is 24.7 Å². The van der Waals surface area contributed by atoms with Crippen LogP contribution in [0.4, 0.5) is 0 Å². The first kappa shape index (κ1) is 22.4. The standard InChI is InChI=1S/C30H34O3/c1-4-14-30(33)16-13-26-23-11-10-21-17-22(31)18-25(28(21)24(23)12-15-29(26,30)3)19-6-8-20(9-7-19)27(32)5-2/h6-9,17,23,25-26,33H,5,10-13,15-16,18H2,1-3H3/t23-,25+,26+,29+,30+/m1/s1. The first-order chi connectivity index (χ1) is 15.8. The van der Waals surface area contributed by atoms with Gasteiger partial charge in [0.05, 0.1) is 0 Å². The molecule has 0 heterocycles. The van der Waals surface area contributed by atoms with Crippen molar-refractivity contribution in [2.24, 2.45) is 17.3 Å². The van der Waals surface area contributed by atoms with Gasteiger partial charge in [-0.25, -0.2) is 0 Å². The van der Waals surface area contributed by atoms with E-state index in [4.69, 9.17) is 0 Å². The summed E-state index contributed by atoms with van der Waals surface area (Å²) in [5.41, 5.74) is 4.96. The number of aliphatic hydroxyl groups is 1. The molecule has 0 spiro atoms. The molecule has 0 aliphatic heterocycles. The number of Topliss-reactive ketones (excluding diaryl/α,β-unsaturated/α-hetero) is 1. The molecule has 1 aromatic rings. The van der Waals surface area contributed by atoms with E-state index in [1.807, 2.05) is 32.1 Å². The van der Waals surface area contributed by atoms with Crippen LogP contribution in [-0.2, 0) is 4.79 Å². The fourth-order valence-corrected chi connectivity index (χ4v) is 7.45. The number of allylic oxidation sites excluding steroid dienone is 4. The molecule has 0 bridgehead atoms. The monoisotopic (exact) mass is 442 g/mol. The number of rotatable bonds is 3. The van der Waals surface area contributed by atoms with Crippen molar-refractivity contribution in [3.63, 3.8) is 0 Å². The van der Waals surface area contributed by atoms with E-state index in [-0.39, 0.29) is 22.9 Å². The van der Waals surface area contributed by atoms with E-state index in [1.54, 1.807) is 0 Å². The number of hydrogen-bond acceptors (Lipinski definition) is 3. The summed E-state index contributed by atoms with van der Waals surface area (Å²) in [6, 6.07) is 7.96. The SMILES string of the molecule is CC#C[C@]1(O)CC[C@H]2[C@@H]3CCC4=CC(=O)C[C@@H](c5ccc(C(=O)CC)cc5)C4=C3CC[C@@]21C. The van der Waals surface area contributed by atoms with Gasteiger partial charge in [0.15, 0.2) is 11.6 Å². The first-order valence-corrected chi connectivity index (χ1v) is 12.6. The van der Waals surface area contributed by atoms with Crippen LogP contribution in [0, 0.1) is 29.1 Å². The Morgan fingerprint density at radius 3 is 2.61 bits per heavy atom. The summed E-state index contributed by atoms with van der Waals surface area (Å²) in [6.45, 7) is 5.97. The van der Waals surface area contributed by atoms with Crippen LogP contribution in [0.2, 0.25) is 0 Å². The molecule has 2 fully saturated rings. The Bertz CT molecular complexity index is 1130. The van der Waals surface area contributed by atoms with Crippen molar-refractivity contribution >= 4 is 11.6 Å². The van der Waals surface area contributed by atoms with Crippen molar-refractivity contribution in [1.29, 1.82) is 0 Å². The van der Waals surface area contributed by atoms with Gasteiger partial charge in [0.25, 0.3) is 0 Å². The van der Waals surface area contributed by atoms with Crippen molar-refractivity contribution in [2.45, 2.75) is 83.7 Å². The van der Waals surface area contributed by atoms with Gasteiger partial charge < -0.3 is 5.11 Å². The molecule has 4 aliphatic carbocycles. The van der Waals surface area contributed by atoms with Crippen molar-refractivity contribution < 1.29 is 14.7 Å². The van der Waals surface area contributed by atoms with Gasteiger partial charge in [-0.2, -0.15) is 0 Å². The average molecular weight is 443 g/mol. The van der Waals surface area contributed by atoms with Crippen molar-refractivity contribution in [1.82, 2.24) is 0 Å². The largest absolute Gasteiger partial charge is 0.377 e. The molecule has 172 valence electrons. The highest BCUT2D eigenvalue weighted by molar-refractivity contribution is 5.96. The van der Waals surface area contributed by atoms with Crippen molar-refractivity contribution in [2.75, 3.05) is 0 Å². The van der Waals surface area contributed by atoms with Crippen LogP contribution >= 0.6 is 0 Å². The summed E-state index contributed by atoms with van der Waals surface area (Å²) in [4.78, 5) is 24.8. The Labute approximate surface area is 197 Å². The Morgan fingerprint density at radius 2 is 1.91 bits per heavy atom. The fraction of sp³-hybridized carbons (Fsp3) is 0.533. The number of fused-ring (bicyclic) bond motifs is 4. The van der Waals surface area contributed by atoms with Crippen LogP contribution < -0.4 is 0 Å². The lowest BCUT2D eigenvalue weighted by Gasteiger charge is -2.51. The van der Waals surface area contributed by atoms with E-state index < -0.39 is 5.60 Å². The quantitative estimate of drug-likeness (QED) is 0.466. The van der Waals surface area contributed by atoms with E-state index in [1.165, 1.54) is 16.7 Å². The number of ketones is 2. The molecule has 33 heavy (non-hydrogen) atoms. The van der Waals surface area contributed by atoms with Gasteiger partial charge >= 0.3 is 0 Å². The molecule has 1 N–H and O–H groups in total. The number of carbonyl (C=O) groups is 2. The molecule has 3 nitrogen and oxygen atoms in total. The summed E-state index contributed by atoms with van der Waals surface area (Å²) in [7, 11) is 0. The van der Waals surface area contributed by atoms with Crippen LogP contribution in [0.15, 0.2) is 47.1 Å². The zero-order valence-electron chi connectivity index (χ0n) is 20.0. The second kappa shape index (κ2) is 8.10. The highest BCUT2D eigenvalue weighted by atomic mass is 16.3. The Hall–Kier alpha value is -2.44. The highest BCUT2D eigenvalue weighted by Gasteiger charge is 2.60. The summed E-state index contributed by atoms with van der Waals surface area (Å²) in [5, 5.41) is 11.5. The zero-order chi connectivity index (χ0) is 23.4. The third-order valence-electron chi connectivity index (χ3n) is 9.22. The van der Waals surface area contributed by atoms with E-state index >= 15 is 0 Å². The van der Waals surface area contributed by atoms with Crippen molar-refractivity contribution in [3.05, 3.63) is 58.2 Å². The minimum absolute atomic E-state index is 0.0705. The topological polar surface area (TPSA) is 54.4 Å². The van der Waals surface area contributed by atoms with Gasteiger partial charge in [-0.3, -0.25) is 9.59 Å². The van der Waals surface area contributed by atoms with E-state index in [0.717, 1.165) is 49.7 Å². The van der Waals surface area contributed by atoms with Gasteiger partial charge in [-0.1, -0.05) is 49.6 Å². The predicted octanol–water partition coefficient (Wildman–Crippen LogP) is 5.93. The number of benzene rings is 1. The van der Waals surface area contributed by atoms with Crippen LogP contribution in [-0.4, -0.2) is 22.3 Å². The molecular formula is C30H34O3. The fourth-order valence-electron chi connectivity index (χ4n) is 7.45. The maximum atomic E-state index is 12.7. The highest BCUT2D eigenvalue weighted by Crippen LogP contribution is 2.64. The molecule has 0 amide bonds. The normalized spacial score (nSPS) is 35.1. The molecule has 3 heteroatoms. The minimum atomic E-state index is -0.887. The summed E-state index contributed by atoms with van der Waals surface area (Å²) < 4.78 is 0. The smallest absolute Gasteiger partial charge is 0.162 e. The molecule has 0 unspecified atom stereocenters. The first-order valence-electron chi connectivity index (χ1n) is 12.6. The minimum Gasteiger partial charge on any atom is -0.377 e. The zero-order valence-corrected chi connectivity index (χ0v) is 20.0. The maximum absolute atomic E-state index is 12.7. The molecule has 1 aromatic carbocycles. The van der Waals surface area contributed by atoms with Crippen LogP contribution in [0.3, 0.4) is 0 Å². The van der Waals surface area contributed by atoms with E-state index in [9.17, 15) is 14.7 Å². The second-order valence-electron chi connectivity index (χ2n) is 10.7. The maximum Gasteiger partial charge on any atom is 0.162 e. The third kappa shape index (κ3) is 3.38. The molecule has 4 aliphatic rings. The molecule has 0 aromatic heterocycles. The third-order valence-corrected chi connectivity index (χ3v) is 9.22. The molecular weight excluding hydrogens is 408 g/mol. The lowest BCUT2D eigenvalue weighted by molar-refractivity contribution is -0.115. The van der Waals surface area contributed by atoms with E-state index in [2.05, 4.69) is 30.9 Å². The van der Waals surface area contributed by atoms with Crippen LogP contribution in [0.25, 0.3) is 0 Å². The van der Waals surface area contributed by atoms with Gasteiger partial charge in [0.2, 0.25) is 0 Å². The lowest BCUT2D eigenvalue weighted by Crippen LogP contribution is -2.49. The summed E-state index contributed by atoms with van der Waals surface area (Å²) in [5.74, 6) is 7.49. The molecule has 0 radical (unpaired) electrons. The number of hydrogen-bond donors (Lipinski definition) is 1. The van der Waals surface area contributed by atoms with Gasteiger partial charge in [0, 0.05) is 29.7 Å². The van der Waals surface area contributed by atoms with Gasteiger partial charge in [-0.05, 0) is 80.1 Å². The van der Waals surface area contributed by atoms with Gasteiger partial charge in [0.1, 0.15) is 5.60 Å². The second-order valence-corrected chi connectivity index (χ2v) is 10.7. The average Bonchev–Trinajstić information content (AvgIpc) is 3.08. The molecule has 5 rings (SSSR count). The predicted molar refractivity (Wildman–Crippen MR) is 130 cm³/mol. The van der Waals surface area contributed by atoms with Gasteiger partial charge in [-0.15, -0.1) is 5.92 Å². The molecule has 2 saturated carbocycles. The number of carbonyl (C=O) groups excluding carboxylic acids is 2. The Balaban J connectivity index is 1.56. The molecule has 0 saturated heterocycles. The van der Waals surface area contributed by atoms with Crippen LogP contribution in [0.1, 0.15) is 94.0 Å². The summed E-state index contributed by atoms with van der Waals surface area (Å²) >= 11 is 0. The molecule has 5 atom stereocenters. The van der Waals surface area contributed by atoms with Crippen LogP contribution in [0.5, 0.6) is 0 Å².